The molecular formula is C20H18ClF3N4OS. The van der Waals surface area contributed by atoms with E-state index in [0.29, 0.717) is 28.6 Å². The molecule has 1 aliphatic rings. The zero-order valence-electron chi connectivity index (χ0n) is 15.7. The Bertz CT molecular complexity index is 1050. The van der Waals surface area contributed by atoms with Gasteiger partial charge >= 0.3 is 6.18 Å². The third-order valence-corrected chi connectivity index (χ3v) is 6.43. The van der Waals surface area contributed by atoms with Gasteiger partial charge in [-0.1, -0.05) is 30.9 Å². The summed E-state index contributed by atoms with van der Waals surface area (Å²) < 4.78 is 38.6. The molecule has 2 heterocycles. The molecule has 2 aromatic heterocycles. The number of halogens is 4. The fourth-order valence-corrected chi connectivity index (χ4v) is 4.77. The monoisotopic (exact) mass is 454 g/mol. The van der Waals surface area contributed by atoms with Gasteiger partial charge < -0.3 is 10.4 Å². The first-order chi connectivity index (χ1) is 14.2. The Kier molecular flexibility index (Phi) is 5.69. The summed E-state index contributed by atoms with van der Waals surface area (Å²) in [7, 11) is 0. The van der Waals surface area contributed by atoms with Crippen LogP contribution in [0.1, 0.15) is 42.8 Å². The summed E-state index contributed by atoms with van der Waals surface area (Å²) in [4.78, 5) is 12.6. The minimum absolute atomic E-state index is 0.181. The second-order valence-electron chi connectivity index (χ2n) is 7.24. The summed E-state index contributed by atoms with van der Waals surface area (Å²) in [6, 6.07) is 5.86. The van der Waals surface area contributed by atoms with Crippen LogP contribution in [-0.4, -0.2) is 20.1 Å². The van der Waals surface area contributed by atoms with Crippen LogP contribution in [0.15, 0.2) is 36.7 Å². The highest BCUT2D eigenvalue weighted by atomic mass is 35.5. The number of hydrogen-bond donors (Lipinski definition) is 2. The van der Waals surface area contributed by atoms with Crippen molar-refractivity contribution in [2.45, 2.75) is 43.9 Å². The molecule has 1 aliphatic carbocycles. The average Bonchev–Trinajstić information content (AvgIpc) is 3.19. The van der Waals surface area contributed by atoms with E-state index in [1.165, 1.54) is 11.3 Å². The third kappa shape index (κ3) is 4.58. The lowest BCUT2D eigenvalue weighted by molar-refractivity contribution is -0.141. The molecule has 1 saturated carbocycles. The van der Waals surface area contributed by atoms with Crippen LogP contribution >= 0.6 is 22.9 Å². The average molecular weight is 455 g/mol. The molecule has 0 radical (unpaired) electrons. The number of thiazole rings is 1. The largest absolute Gasteiger partial charge is 0.433 e. The number of hydrogen-bond acceptors (Lipinski definition) is 6. The van der Waals surface area contributed by atoms with Gasteiger partial charge in [0.1, 0.15) is 16.3 Å². The number of rotatable bonds is 4. The summed E-state index contributed by atoms with van der Waals surface area (Å²) in [6.07, 6.45) is 2.59. The Labute approximate surface area is 180 Å². The predicted molar refractivity (Wildman–Crippen MR) is 110 cm³/mol. The summed E-state index contributed by atoms with van der Waals surface area (Å²) in [5.41, 5.74) is -0.745. The molecule has 5 nitrogen and oxygen atoms in total. The van der Waals surface area contributed by atoms with Crippen molar-refractivity contribution in [3.63, 3.8) is 0 Å². The fraction of sp³-hybridized carbons (Fsp3) is 0.350. The molecule has 0 saturated heterocycles. The molecule has 30 heavy (non-hydrogen) atoms. The van der Waals surface area contributed by atoms with Gasteiger partial charge in [0, 0.05) is 23.1 Å². The van der Waals surface area contributed by atoms with Crippen molar-refractivity contribution in [2.24, 2.45) is 0 Å². The van der Waals surface area contributed by atoms with E-state index in [1.54, 1.807) is 24.4 Å². The van der Waals surface area contributed by atoms with E-state index in [1.807, 2.05) is 0 Å². The highest BCUT2D eigenvalue weighted by Crippen LogP contribution is 2.41. The second kappa shape index (κ2) is 8.13. The minimum atomic E-state index is -4.56. The topological polar surface area (TPSA) is 70.9 Å². The first-order valence-corrected chi connectivity index (χ1v) is 10.6. The van der Waals surface area contributed by atoms with Gasteiger partial charge in [0.05, 0.1) is 4.88 Å². The van der Waals surface area contributed by atoms with Gasteiger partial charge in [-0.2, -0.15) is 13.2 Å². The van der Waals surface area contributed by atoms with Gasteiger partial charge in [-0.25, -0.2) is 15.0 Å². The quantitative estimate of drug-likeness (QED) is 0.493. The van der Waals surface area contributed by atoms with Crippen molar-refractivity contribution in [1.29, 1.82) is 0 Å². The number of alkyl halides is 3. The number of benzene rings is 1. The molecule has 0 spiro atoms. The van der Waals surface area contributed by atoms with Gasteiger partial charge in [0.25, 0.3) is 0 Å². The van der Waals surface area contributed by atoms with E-state index in [9.17, 15) is 18.3 Å². The maximum atomic E-state index is 12.9. The van der Waals surface area contributed by atoms with Gasteiger partial charge in [-0.3, -0.25) is 0 Å². The zero-order chi connectivity index (χ0) is 21.4. The van der Waals surface area contributed by atoms with Crippen molar-refractivity contribution < 1.29 is 18.3 Å². The van der Waals surface area contributed by atoms with Crippen molar-refractivity contribution in [2.75, 3.05) is 5.32 Å². The first-order valence-electron chi connectivity index (χ1n) is 9.40. The van der Waals surface area contributed by atoms with Crippen LogP contribution in [0.3, 0.4) is 0 Å². The maximum absolute atomic E-state index is 12.9. The van der Waals surface area contributed by atoms with Crippen molar-refractivity contribution in [1.82, 2.24) is 15.0 Å². The third-order valence-electron chi connectivity index (χ3n) is 4.97. The zero-order valence-corrected chi connectivity index (χ0v) is 17.3. The van der Waals surface area contributed by atoms with Crippen molar-refractivity contribution >= 4 is 34.6 Å². The van der Waals surface area contributed by atoms with E-state index in [0.717, 1.165) is 42.0 Å². The summed E-state index contributed by atoms with van der Waals surface area (Å²) in [5.74, 6) is -0.181. The minimum Gasteiger partial charge on any atom is -0.383 e. The molecule has 1 fully saturated rings. The van der Waals surface area contributed by atoms with Gasteiger partial charge in [0.2, 0.25) is 5.95 Å². The molecule has 0 amide bonds. The lowest BCUT2D eigenvalue weighted by Gasteiger charge is -2.29. The molecule has 158 valence electrons. The molecule has 0 bridgehead atoms. The van der Waals surface area contributed by atoms with Gasteiger partial charge in [-0.05, 0) is 42.7 Å². The molecule has 4 rings (SSSR count). The number of anilines is 2. The van der Waals surface area contributed by atoms with Crippen LogP contribution in [-0.2, 0) is 11.8 Å². The van der Waals surface area contributed by atoms with E-state index < -0.39 is 17.5 Å². The van der Waals surface area contributed by atoms with Gasteiger partial charge in [0.15, 0.2) is 0 Å². The van der Waals surface area contributed by atoms with E-state index in [-0.39, 0.29) is 5.95 Å². The normalized spacial score (nSPS) is 16.4. The Morgan fingerprint density at radius 1 is 1.10 bits per heavy atom. The Morgan fingerprint density at radius 3 is 2.60 bits per heavy atom. The molecule has 2 N–H and O–H groups in total. The molecule has 0 aliphatic heterocycles. The van der Waals surface area contributed by atoms with Crippen LogP contribution in [0.4, 0.5) is 24.8 Å². The first kappa shape index (κ1) is 21.0. The molecule has 0 unspecified atom stereocenters. The smallest absolute Gasteiger partial charge is 0.383 e. The van der Waals surface area contributed by atoms with E-state index in [2.05, 4.69) is 20.3 Å². The molecule has 1 aromatic carbocycles. The summed E-state index contributed by atoms with van der Waals surface area (Å²) in [5, 5.41) is 14.7. The highest BCUT2D eigenvalue weighted by molar-refractivity contribution is 7.15. The number of aliphatic hydroxyl groups is 1. The second-order valence-corrected chi connectivity index (χ2v) is 8.71. The van der Waals surface area contributed by atoms with Crippen molar-refractivity contribution in [3.05, 3.63) is 52.4 Å². The van der Waals surface area contributed by atoms with Crippen molar-refractivity contribution in [3.8, 4) is 10.4 Å². The van der Waals surface area contributed by atoms with Crippen LogP contribution < -0.4 is 5.32 Å². The Balaban J connectivity index is 1.60. The molecule has 3 aromatic rings. The summed E-state index contributed by atoms with van der Waals surface area (Å²) >= 11 is 7.62. The lowest BCUT2D eigenvalue weighted by atomic mass is 9.85. The van der Waals surface area contributed by atoms with Gasteiger partial charge in [-0.15, -0.1) is 11.3 Å². The van der Waals surface area contributed by atoms with Crippen LogP contribution in [0.2, 0.25) is 5.02 Å². The number of nitrogens with zero attached hydrogens (tertiary/aromatic N) is 3. The standard InChI is InChI=1S/C20H18ClF3N4OS/c21-13-8-12(15-11-26-17(30-15)19(29)5-2-1-3-6-19)9-14(10-13)27-18-25-7-4-16(28-18)20(22,23)24/h4,7-11,29H,1-3,5-6H2,(H,25,27,28). The lowest BCUT2D eigenvalue weighted by Crippen LogP contribution is -2.28. The molecular weight excluding hydrogens is 437 g/mol. The molecule has 0 atom stereocenters. The number of nitrogens with one attached hydrogen (secondary N) is 1. The van der Waals surface area contributed by atoms with Crippen LogP contribution in [0.25, 0.3) is 10.4 Å². The predicted octanol–water partition coefficient (Wildman–Crippen LogP) is 6.17. The van der Waals surface area contributed by atoms with Crippen LogP contribution in [0, 0.1) is 0 Å². The highest BCUT2D eigenvalue weighted by Gasteiger charge is 2.34. The summed E-state index contributed by atoms with van der Waals surface area (Å²) in [6.45, 7) is 0. The SMILES string of the molecule is OC1(c2ncc(-c3cc(Cl)cc(Nc4nccc(C(F)(F)F)n4)c3)s2)CCCCC1. The van der Waals surface area contributed by atoms with E-state index in [4.69, 9.17) is 11.6 Å². The fourth-order valence-electron chi connectivity index (χ4n) is 3.48. The molecule has 10 heteroatoms. The number of aromatic nitrogens is 3. The van der Waals surface area contributed by atoms with E-state index >= 15 is 0 Å². The Hall–Kier alpha value is -2.23. The Morgan fingerprint density at radius 2 is 1.87 bits per heavy atom. The van der Waals surface area contributed by atoms with Crippen LogP contribution in [0.5, 0.6) is 0 Å². The maximum Gasteiger partial charge on any atom is 0.433 e.